The number of benzene rings is 1. The second-order valence-corrected chi connectivity index (χ2v) is 6.51. The number of aliphatic carboxylic acids is 1. The van der Waals surface area contributed by atoms with Gasteiger partial charge in [-0.25, -0.2) is 0 Å². The summed E-state index contributed by atoms with van der Waals surface area (Å²) in [6, 6.07) is 8.77. The van der Waals surface area contributed by atoms with Gasteiger partial charge in [0, 0.05) is 24.3 Å². The number of carboxylic acid groups (broad SMARTS) is 1. The summed E-state index contributed by atoms with van der Waals surface area (Å²) in [4.78, 5) is 40.3. The van der Waals surface area contributed by atoms with Crippen LogP contribution in [0.4, 0.5) is 5.69 Å². The van der Waals surface area contributed by atoms with Crippen LogP contribution < -0.4 is 4.90 Å². The van der Waals surface area contributed by atoms with Crippen LogP contribution in [0.25, 0.3) is 0 Å². The monoisotopic (exact) mass is 370 g/mol. The number of anilines is 1. The molecule has 2 aromatic rings. The Bertz CT molecular complexity index is 859. The summed E-state index contributed by atoms with van der Waals surface area (Å²) >= 11 is 0. The number of hydrogen-bond acceptors (Lipinski definition) is 4. The normalized spacial score (nSPS) is 16.6. The van der Waals surface area contributed by atoms with Crippen LogP contribution in [-0.2, 0) is 16.0 Å². The lowest BCUT2D eigenvalue weighted by Crippen LogP contribution is -2.45. The van der Waals surface area contributed by atoms with E-state index in [1.807, 2.05) is 37.3 Å². The Morgan fingerprint density at radius 1 is 1.30 bits per heavy atom. The Kier molecular flexibility index (Phi) is 5.30. The average Bonchev–Trinajstić information content (AvgIpc) is 3.19. The summed E-state index contributed by atoms with van der Waals surface area (Å²) in [5, 5.41) is 9.05. The van der Waals surface area contributed by atoms with Crippen molar-refractivity contribution in [3.05, 3.63) is 53.5 Å². The quantitative estimate of drug-likeness (QED) is 0.843. The Hall–Kier alpha value is -3.09. The van der Waals surface area contributed by atoms with E-state index in [2.05, 4.69) is 0 Å². The van der Waals surface area contributed by atoms with Crippen LogP contribution in [0.15, 0.2) is 41.0 Å². The zero-order valence-corrected chi connectivity index (χ0v) is 15.3. The van der Waals surface area contributed by atoms with Gasteiger partial charge >= 0.3 is 5.97 Å². The number of carboxylic acids is 1. The maximum absolute atomic E-state index is 13.1. The van der Waals surface area contributed by atoms with E-state index in [9.17, 15) is 14.4 Å². The number of rotatable bonds is 6. The second-order valence-electron chi connectivity index (χ2n) is 6.51. The highest BCUT2D eigenvalue weighted by atomic mass is 16.4. The number of carbonyl (C=O) groups is 3. The van der Waals surface area contributed by atoms with Crippen LogP contribution in [0.5, 0.6) is 0 Å². The standard InChI is InChI=1S/C20H22N2O5/c1-3-21(20(26)18-13(2)12-27-16(18)11-17(23)24)15-9-10-22(19(15)25)14-7-5-4-6-8-14/h4-8,12,15H,3,9-11H2,1-2H3,(H,23,24). The van der Waals surface area contributed by atoms with E-state index in [0.29, 0.717) is 25.1 Å². The minimum absolute atomic E-state index is 0.119. The molecule has 2 amide bonds. The second kappa shape index (κ2) is 7.65. The molecule has 1 saturated heterocycles. The third-order valence-corrected chi connectivity index (χ3v) is 4.80. The van der Waals surface area contributed by atoms with E-state index < -0.39 is 12.0 Å². The number of furan rings is 1. The molecular formula is C20H22N2O5. The van der Waals surface area contributed by atoms with E-state index in [0.717, 1.165) is 5.69 Å². The molecule has 3 rings (SSSR count). The number of aryl methyl sites for hydroxylation is 1. The summed E-state index contributed by atoms with van der Waals surface area (Å²) in [6.45, 7) is 4.38. The van der Waals surface area contributed by atoms with Crippen molar-refractivity contribution in [3.8, 4) is 0 Å². The summed E-state index contributed by atoms with van der Waals surface area (Å²) in [5.74, 6) is -1.45. The van der Waals surface area contributed by atoms with Crippen LogP contribution >= 0.6 is 0 Å². The third-order valence-electron chi connectivity index (χ3n) is 4.80. The molecule has 0 radical (unpaired) electrons. The van der Waals surface area contributed by atoms with Gasteiger partial charge in [-0.3, -0.25) is 14.4 Å². The lowest BCUT2D eigenvalue weighted by Gasteiger charge is -2.27. The molecule has 0 bridgehead atoms. The number of nitrogens with zero attached hydrogens (tertiary/aromatic N) is 2. The molecule has 0 aliphatic carbocycles. The number of para-hydroxylation sites is 1. The Balaban J connectivity index is 1.86. The first-order chi connectivity index (χ1) is 12.9. The van der Waals surface area contributed by atoms with Crippen molar-refractivity contribution < 1.29 is 23.9 Å². The highest BCUT2D eigenvalue weighted by Crippen LogP contribution is 2.27. The Morgan fingerprint density at radius 3 is 2.63 bits per heavy atom. The molecule has 2 heterocycles. The zero-order chi connectivity index (χ0) is 19.6. The fourth-order valence-corrected chi connectivity index (χ4v) is 3.52. The van der Waals surface area contributed by atoms with E-state index in [4.69, 9.17) is 9.52 Å². The molecule has 1 aliphatic heterocycles. The van der Waals surface area contributed by atoms with E-state index >= 15 is 0 Å². The Labute approximate surface area is 157 Å². The zero-order valence-electron chi connectivity index (χ0n) is 15.3. The van der Waals surface area contributed by atoms with Crippen molar-refractivity contribution in [2.45, 2.75) is 32.7 Å². The van der Waals surface area contributed by atoms with Crippen molar-refractivity contribution in [3.63, 3.8) is 0 Å². The van der Waals surface area contributed by atoms with Gasteiger partial charge in [0.05, 0.1) is 11.8 Å². The number of hydrogen-bond donors (Lipinski definition) is 1. The molecule has 7 nitrogen and oxygen atoms in total. The van der Waals surface area contributed by atoms with E-state index in [1.54, 1.807) is 11.8 Å². The van der Waals surface area contributed by atoms with Gasteiger partial charge in [-0.05, 0) is 32.4 Å². The predicted molar refractivity (Wildman–Crippen MR) is 98.7 cm³/mol. The first-order valence-corrected chi connectivity index (χ1v) is 8.90. The highest BCUT2D eigenvalue weighted by Gasteiger charge is 2.39. The maximum Gasteiger partial charge on any atom is 0.311 e. The van der Waals surface area contributed by atoms with E-state index in [-0.39, 0.29) is 29.6 Å². The molecule has 7 heteroatoms. The molecule has 1 atom stereocenters. The van der Waals surface area contributed by atoms with Gasteiger partial charge in [-0.2, -0.15) is 0 Å². The molecule has 1 fully saturated rings. The van der Waals surface area contributed by atoms with Gasteiger partial charge in [0.25, 0.3) is 5.91 Å². The van der Waals surface area contributed by atoms with E-state index in [1.165, 1.54) is 11.2 Å². The van der Waals surface area contributed by atoms with Gasteiger partial charge in [-0.15, -0.1) is 0 Å². The van der Waals surface area contributed by atoms with Gasteiger partial charge < -0.3 is 19.3 Å². The molecule has 1 aromatic carbocycles. The number of amides is 2. The third kappa shape index (κ3) is 3.58. The van der Waals surface area contributed by atoms with Crippen LogP contribution in [0.2, 0.25) is 0 Å². The smallest absolute Gasteiger partial charge is 0.311 e. The lowest BCUT2D eigenvalue weighted by molar-refractivity contribution is -0.136. The molecule has 27 heavy (non-hydrogen) atoms. The summed E-state index contributed by atoms with van der Waals surface area (Å²) in [7, 11) is 0. The topological polar surface area (TPSA) is 91.1 Å². The molecule has 1 aliphatic rings. The number of carbonyl (C=O) groups excluding carboxylic acids is 2. The van der Waals surface area contributed by atoms with Crippen LogP contribution in [0.3, 0.4) is 0 Å². The summed E-state index contributed by atoms with van der Waals surface area (Å²) < 4.78 is 5.28. The first-order valence-electron chi connectivity index (χ1n) is 8.90. The summed E-state index contributed by atoms with van der Waals surface area (Å²) in [5.41, 5.74) is 1.62. The van der Waals surface area contributed by atoms with Crippen LogP contribution in [0.1, 0.15) is 35.0 Å². The summed E-state index contributed by atoms with van der Waals surface area (Å²) in [6.07, 6.45) is 1.53. The van der Waals surface area contributed by atoms with Crippen molar-refractivity contribution in [1.29, 1.82) is 0 Å². The molecule has 1 N–H and O–H groups in total. The predicted octanol–water partition coefficient (Wildman–Crippen LogP) is 2.48. The molecule has 1 unspecified atom stereocenters. The van der Waals surface area contributed by atoms with Gasteiger partial charge in [-0.1, -0.05) is 18.2 Å². The highest BCUT2D eigenvalue weighted by molar-refractivity contribution is 6.04. The molecule has 0 spiro atoms. The van der Waals surface area contributed by atoms with Gasteiger partial charge in [0.15, 0.2) is 0 Å². The van der Waals surface area contributed by atoms with Crippen molar-refractivity contribution in [2.24, 2.45) is 0 Å². The molecule has 0 saturated carbocycles. The molecule has 1 aromatic heterocycles. The SMILES string of the molecule is CCN(C(=O)c1c(C)coc1CC(=O)O)C1CCN(c2ccccc2)C1=O. The largest absolute Gasteiger partial charge is 0.481 e. The van der Waals surface area contributed by atoms with Crippen molar-refractivity contribution >= 4 is 23.5 Å². The minimum Gasteiger partial charge on any atom is -0.481 e. The fourth-order valence-electron chi connectivity index (χ4n) is 3.52. The van der Waals surface area contributed by atoms with Crippen LogP contribution in [0, 0.1) is 6.92 Å². The maximum atomic E-state index is 13.1. The lowest BCUT2D eigenvalue weighted by atomic mass is 10.1. The van der Waals surface area contributed by atoms with Crippen molar-refractivity contribution in [2.75, 3.05) is 18.0 Å². The van der Waals surface area contributed by atoms with Crippen molar-refractivity contribution in [1.82, 2.24) is 4.90 Å². The molecule has 142 valence electrons. The van der Waals surface area contributed by atoms with Crippen LogP contribution in [-0.4, -0.2) is 46.9 Å². The Morgan fingerprint density at radius 2 is 2.00 bits per heavy atom. The van der Waals surface area contributed by atoms with Gasteiger partial charge in [0.2, 0.25) is 5.91 Å². The minimum atomic E-state index is -1.08. The number of likely N-dealkylation sites (N-methyl/N-ethyl adjacent to an activating group) is 1. The fraction of sp³-hybridized carbons (Fsp3) is 0.350. The average molecular weight is 370 g/mol. The van der Waals surface area contributed by atoms with Gasteiger partial charge in [0.1, 0.15) is 18.2 Å². The first kappa shape index (κ1) is 18.7. The molecular weight excluding hydrogens is 348 g/mol.